The Labute approximate surface area is 139 Å². The highest BCUT2D eigenvalue weighted by Gasteiger charge is 2.16. The molecule has 1 aliphatic rings. The van der Waals surface area contributed by atoms with Gasteiger partial charge in [-0.2, -0.15) is 0 Å². The summed E-state index contributed by atoms with van der Waals surface area (Å²) in [6.45, 7) is 2.14. The molecule has 0 atom stereocenters. The van der Waals surface area contributed by atoms with Crippen molar-refractivity contribution in [3.8, 4) is 0 Å². The summed E-state index contributed by atoms with van der Waals surface area (Å²) in [4.78, 5) is 19.3. The van der Waals surface area contributed by atoms with Crippen molar-refractivity contribution in [1.29, 1.82) is 0 Å². The van der Waals surface area contributed by atoms with Crippen LogP contribution in [0.2, 0.25) is 0 Å². The molecule has 2 aromatic rings. The quantitative estimate of drug-likeness (QED) is 0.829. The summed E-state index contributed by atoms with van der Waals surface area (Å²) in [7, 11) is 0. The van der Waals surface area contributed by atoms with E-state index in [0.29, 0.717) is 6.42 Å². The number of nitrogens with zero attached hydrogens (tertiary/aromatic N) is 1. The van der Waals surface area contributed by atoms with Gasteiger partial charge in [-0.3, -0.25) is 4.79 Å². The van der Waals surface area contributed by atoms with E-state index >= 15 is 0 Å². The number of rotatable bonds is 5. The Morgan fingerprint density at radius 3 is 2.77 bits per heavy atom. The maximum Gasteiger partial charge on any atom is 0.230 e. The Bertz CT molecular complexity index is 626. The number of aryl methyl sites for hydroxylation is 2. The van der Waals surface area contributed by atoms with Gasteiger partial charge in [0.15, 0.2) is 5.13 Å². The van der Waals surface area contributed by atoms with E-state index in [2.05, 4.69) is 29.4 Å². The maximum absolute atomic E-state index is 12.2. The summed E-state index contributed by atoms with van der Waals surface area (Å²) in [5.74, 6) is 1.08. The lowest BCUT2D eigenvalue weighted by atomic mass is 10.0. The van der Waals surface area contributed by atoms with Gasteiger partial charge in [0.1, 0.15) is 0 Å². The van der Waals surface area contributed by atoms with Crippen LogP contribution in [0.3, 0.4) is 0 Å². The molecule has 1 aliphatic carbocycles. The zero-order valence-corrected chi connectivity index (χ0v) is 14.4. The number of fused-ring (bicyclic) bond motifs is 1. The minimum Gasteiger partial charge on any atom is -0.302 e. The number of anilines is 1. The molecule has 0 unspecified atom stereocenters. The third kappa shape index (κ3) is 3.90. The molecule has 116 valence electrons. The Morgan fingerprint density at radius 1 is 1.27 bits per heavy atom. The normalized spacial score (nSPS) is 13.7. The number of thioether (sulfide) groups is 1. The molecule has 0 aliphatic heterocycles. The highest BCUT2D eigenvalue weighted by atomic mass is 32.2. The van der Waals surface area contributed by atoms with Gasteiger partial charge in [0.2, 0.25) is 5.91 Å². The lowest BCUT2D eigenvalue weighted by Gasteiger charge is -2.06. The van der Waals surface area contributed by atoms with Crippen molar-refractivity contribution in [2.24, 2.45) is 0 Å². The number of hydrogen-bond acceptors (Lipinski definition) is 4. The zero-order chi connectivity index (χ0) is 15.4. The summed E-state index contributed by atoms with van der Waals surface area (Å²) in [5.41, 5.74) is 2.23. The summed E-state index contributed by atoms with van der Waals surface area (Å²) >= 11 is 3.45. The SMILES string of the molecule is CCSc1ccc(CC(=O)Nc2nc3c(s2)CCCC3)cc1. The standard InChI is InChI=1S/C17H20N2OS2/c1-2-21-13-9-7-12(8-10-13)11-16(20)19-17-18-14-5-3-4-6-15(14)22-17/h7-10H,2-6,11H2,1H3,(H,18,19,20). The molecule has 1 aromatic carbocycles. The molecule has 0 saturated carbocycles. The van der Waals surface area contributed by atoms with Gasteiger partial charge in [-0.15, -0.1) is 23.1 Å². The summed E-state index contributed by atoms with van der Waals surface area (Å²) in [6.07, 6.45) is 5.02. The first kappa shape index (κ1) is 15.6. The summed E-state index contributed by atoms with van der Waals surface area (Å²) in [6, 6.07) is 8.23. The summed E-state index contributed by atoms with van der Waals surface area (Å²) < 4.78 is 0. The van der Waals surface area contributed by atoms with E-state index in [4.69, 9.17) is 0 Å². The Balaban J connectivity index is 1.58. The smallest absolute Gasteiger partial charge is 0.230 e. The van der Waals surface area contributed by atoms with Crippen molar-refractivity contribution in [2.75, 3.05) is 11.1 Å². The Kier molecular flexibility index (Phi) is 5.16. The van der Waals surface area contributed by atoms with E-state index in [1.165, 1.54) is 28.3 Å². The van der Waals surface area contributed by atoms with Gasteiger partial charge in [0.05, 0.1) is 12.1 Å². The molecule has 1 N–H and O–H groups in total. The molecule has 0 radical (unpaired) electrons. The zero-order valence-electron chi connectivity index (χ0n) is 12.7. The molecule has 22 heavy (non-hydrogen) atoms. The van der Waals surface area contributed by atoms with Gasteiger partial charge in [-0.05, 0) is 49.1 Å². The van der Waals surface area contributed by atoms with Crippen molar-refractivity contribution < 1.29 is 4.79 Å². The molecule has 0 fully saturated rings. The predicted molar refractivity (Wildman–Crippen MR) is 93.9 cm³/mol. The average Bonchev–Trinajstić information content (AvgIpc) is 2.91. The number of nitrogens with one attached hydrogen (secondary N) is 1. The lowest BCUT2D eigenvalue weighted by Crippen LogP contribution is -2.14. The van der Waals surface area contributed by atoms with E-state index in [1.54, 1.807) is 11.3 Å². The monoisotopic (exact) mass is 332 g/mol. The van der Waals surface area contributed by atoms with Crippen molar-refractivity contribution in [3.05, 3.63) is 40.4 Å². The van der Waals surface area contributed by atoms with Crippen LogP contribution in [0.4, 0.5) is 5.13 Å². The van der Waals surface area contributed by atoms with Crippen LogP contribution in [-0.4, -0.2) is 16.6 Å². The van der Waals surface area contributed by atoms with Gasteiger partial charge >= 0.3 is 0 Å². The molecular weight excluding hydrogens is 312 g/mol. The second kappa shape index (κ2) is 7.29. The number of carbonyl (C=O) groups is 1. The predicted octanol–water partition coefficient (Wildman–Crippen LogP) is 4.32. The molecule has 1 aromatic heterocycles. The fraction of sp³-hybridized carbons (Fsp3) is 0.412. The van der Waals surface area contributed by atoms with E-state index in [-0.39, 0.29) is 5.91 Å². The van der Waals surface area contributed by atoms with Gasteiger partial charge < -0.3 is 5.32 Å². The molecule has 1 amide bonds. The van der Waals surface area contributed by atoms with Gasteiger partial charge in [0, 0.05) is 9.77 Å². The van der Waals surface area contributed by atoms with Crippen LogP contribution >= 0.6 is 23.1 Å². The number of thiazole rings is 1. The second-order valence-electron chi connectivity index (χ2n) is 5.40. The molecule has 0 bridgehead atoms. The molecule has 1 heterocycles. The van der Waals surface area contributed by atoms with E-state index in [9.17, 15) is 4.79 Å². The Morgan fingerprint density at radius 2 is 2.05 bits per heavy atom. The number of carbonyl (C=O) groups excluding carboxylic acids is 1. The van der Waals surface area contributed by atoms with E-state index in [0.717, 1.165) is 29.3 Å². The highest BCUT2D eigenvalue weighted by molar-refractivity contribution is 7.99. The minimum absolute atomic E-state index is 0.0157. The molecule has 3 nitrogen and oxygen atoms in total. The maximum atomic E-state index is 12.2. The van der Waals surface area contributed by atoms with Crippen LogP contribution in [-0.2, 0) is 24.1 Å². The number of hydrogen-bond donors (Lipinski definition) is 1. The lowest BCUT2D eigenvalue weighted by molar-refractivity contribution is -0.115. The van der Waals surface area contributed by atoms with Crippen molar-refractivity contribution in [1.82, 2.24) is 4.98 Å². The topological polar surface area (TPSA) is 42.0 Å². The third-order valence-electron chi connectivity index (χ3n) is 3.69. The van der Waals surface area contributed by atoms with Crippen LogP contribution in [0.15, 0.2) is 29.2 Å². The van der Waals surface area contributed by atoms with Crippen molar-refractivity contribution in [2.45, 2.75) is 43.9 Å². The van der Waals surface area contributed by atoms with E-state index < -0.39 is 0 Å². The molecule has 5 heteroatoms. The van der Waals surface area contributed by atoms with Crippen LogP contribution in [0, 0.1) is 0 Å². The number of benzene rings is 1. The largest absolute Gasteiger partial charge is 0.302 e. The van der Waals surface area contributed by atoms with Crippen LogP contribution in [0.5, 0.6) is 0 Å². The fourth-order valence-electron chi connectivity index (χ4n) is 2.62. The number of amides is 1. The molecule has 0 saturated heterocycles. The number of aromatic nitrogens is 1. The third-order valence-corrected chi connectivity index (χ3v) is 5.66. The molecular formula is C17H20N2OS2. The van der Waals surface area contributed by atoms with Crippen LogP contribution in [0.1, 0.15) is 35.9 Å². The highest BCUT2D eigenvalue weighted by Crippen LogP contribution is 2.29. The van der Waals surface area contributed by atoms with Crippen molar-refractivity contribution >= 4 is 34.1 Å². The minimum atomic E-state index is 0.0157. The summed E-state index contributed by atoms with van der Waals surface area (Å²) in [5, 5.41) is 3.71. The molecule has 0 spiro atoms. The first-order valence-corrected chi connectivity index (χ1v) is 9.55. The van der Waals surface area contributed by atoms with Gasteiger partial charge in [-0.1, -0.05) is 19.1 Å². The van der Waals surface area contributed by atoms with E-state index in [1.807, 2.05) is 23.9 Å². The first-order valence-electron chi connectivity index (χ1n) is 7.75. The van der Waals surface area contributed by atoms with Gasteiger partial charge in [-0.25, -0.2) is 4.98 Å². The fourth-order valence-corrected chi connectivity index (χ4v) is 4.35. The average molecular weight is 332 g/mol. The Hall–Kier alpha value is -1.33. The molecule has 3 rings (SSSR count). The van der Waals surface area contributed by atoms with Crippen molar-refractivity contribution in [3.63, 3.8) is 0 Å². The van der Waals surface area contributed by atoms with Crippen LogP contribution < -0.4 is 5.32 Å². The van der Waals surface area contributed by atoms with Gasteiger partial charge in [0.25, 0.3) is 0 Å². The van der Waals surface area contributed by atoms with Crippen LogP contribution in [0.25, 0.3) is 0 Å². The second-order valence-corrected chi connectivity index (χ2v) is 7.82. The first-order chi connectivity index (χ1) is 10.7.